The molecule has 0 aromatic rings. The highest BCUT2D eigenvalue weighted by molar-refractivity contribution is 5.13. The summed E-state index contributed by atoms with van der Waals surface area (Å²) in [5.41, 5.74) is -0.548. The molecule has 3 N–H and O–H groups in total. The molecule has 0 spiro atoms. The molecule has 4 aliphatic carbocycles. The maximum atomic E-state index is 14.7. The first kappa shape index (κ1) is 16.3. The molecule has 4 unspecified atom stereocenters. The predicted octanol–water partition coefficient (Wildman–Crippen LogP) is 3.02. The topological polar surface area (TPSA) is 60.7 Å². The van der Waals surface area contributed by atoms with E-state index in [1.54, 1.807) is 0 Å². The molecule has 132 valence electrons. The normalized spacial score (nSPS) is 62.3. The summed E-state index contributed by atoms with van der Waals surface area (Å²) < 4.78 is 14.7. The minimum Gasteiger partial charge on any atom is -0.393 e. The minimum absolute atomic E-state index is 0.0795. The molecule has 0 aliphatic heterocycles. The molecule has 9 atom stereocenters. The van der Waals surface area contributed by atoms with E-state index in [0.717, 1.165) is 32.1 Å². The van der Waals surface area contributed by atoms with E-state index in [1.807, 2.05) is 6.92 Å². The molecule has 23 heavy (non-hydrogen) atoms. The number of fused-ring (bicyclic) bond motifs is 5. The second-order valence-electron chi connectivity index (χ2n) is 9.48. The van der Waals surface area contributed by atoms with Crippen LogP contribution in [-0.2, 0) is 0 Å². The van der Waals surface area contributed by atoms with Crippen LogP contribution < -0.4 is 0 Å². The quantitative estimate of drug-likeness (QED) is 0.641. The third-order valence-electron chi connectivity index (χ3n) is 8.71. The highest BCUT2D eigenvalue weighted by Gasteiger charge is 2.67. The molecule has 4 heteroatoms. The molecule has 4 saturated carbocycles. The SMILES string of the molecule is C[C@]12CCC(O)CC1CC(O)[C@@H]1[C@H]2CC[C@@]2(C)[C@H]1CCC2(O)F. The first-order valence-corrected chi connectivity index (χ1v) is 9.46. The van der Waals surface area contributed by atoms with Crippen LogP contribution in [0.25, 0.3) is 0 Å². The van der Waals surface area contributed by atoms with Crippen LogP contribution in [0.2, 0.25) is 0 Å². The van der Waals surface area contributed by atoms with E-state index < -0.39 is 17.4 Å². The fourth-order valence-electron chi connectivity index (χ4n) is 7.16. The summed E-state index contributed by atoms with van der Waals surface area (Å²) in [5, 5.41) is 31.2. The Morgan fingerprint density at radius 2 is 1.61 bits per heavy atom. The lowest BCUT2D eigenvalue weighted by Crippen LogP contribution is -2.60. The average molecular weight is 326 g/mol. The van der Waals surface area contributed by atoms with Gasteiger partial charge in [0.05, 0.1) is 12.2 Å². The summed E-state index contributed by atoms with van der Waals surface area (Å²) in [6.45, 7) is 4.24. The van der Waals surface area contributed by atoms with Crippen LogP contribution in [0.3, 0.4) is 0 Å². The summed E-state index contributed by atoms with van der Waals surface area (Å²) in [7, 11) is 0. The van der Waals surface area contributed by atoms with Gasteiger partial charge in [0.1, 0.15) is 0 Å². The van der Waals surface area contributed by atoms with Crippen molar-refractivity contribution in [1.82, 2.24) is 0 Å². The van der Waals surface area contributed by atoms with Gasteiger partial charge in [-0.3, -0.25) is 0 Å². The fourth-order valence-corrected chi connectivity index (χ4v) is 7.16. The average Bonchev–Trinajstić information content (AvgIpc) is 2.72. The van der Waals surface area contributed by atoms with Gasteiger partial charge in [-0.05, 0) is 74.0 Å². The lowest BCUT2D eigenvalue weighted by atomic mass is 9.44. The second kappa shape index (κ2) is 4.92. The molecule has 4 aliphatic rings. The van der Waals surface area contributed by atoms with Gasteiger partial charge in [-0.2, -0.15) is 0 Å². The monoisotopic (exact) mass is 326 g/mol. The van der Waals surface area contributed by atoms with Crippen LogP contribution in [0.15, 0.2) is 0 Å². The molecule has 0 aromatic heterocycles. The van der Waals surface area contributed by atoms with E-state index in [-0.39, 0.29) is 29.8 Å². The summed E-state index contributed by atoms with van der Waals surface area (Å²) in [4.78, 5) is 0. The number of hydrogen-bond donors (Lipinski definition) is 3. The zero-order valence-electron chi connectivity index (χ0n) is 14.3. The maximum absolute atomic E-state index is 14.7. The Morgan fingerprint density at radius 3 is 2.35 bits per heavy atom. The fraction of sp³-hybridized carbons (Fsp3) is 1.00. The van der Waals surface area contributed by atoms with Gasteiger partial charge in [0.15, 0.2) is 0 Å². The van der Waals surface area contributed by atoms with Crippen molar-refractivity contribution < 1.29 is 19.7 Å². The first-order valence-electron chi connectivity index (χ1n) is 9.46. The van der Waals surface area contributed by atoms with Crippen LogP contribution in [0.1, 0.15) is 65.2 Å². The van der Waals surface area contributed by atoms with Crippen LogP contribution in [0, 0.1) is 34.5 Å². The van der Waals surface area contributed by atoms with Crippen molar-refractivity contribution in [2.24, 2.45) is 34.5 Å². The van der Waals surface area contributed by atoms with E-state index in [1.165, 1.54) is 0 Å². The molecular formula is C19H31FO3. The van der Waals surface area contributed by atoms with Crippen molar-refractivity contribution >= 4 is 0 Å². The molecule has 0 heterocycles. The minimum atomic E-state index is -2.08. The van der Waals surface area contributed by atoms with Crippen LogP contribution in [-0.4, -0.2) is 33.4 Å². The molecule has 3 nitrogen and oxygen atoms in total. The third kappa shape index (κ3) is 2.04. The lowest BCUT2D eigenvalue weighted by Gasteiger charge is -2.62. The molecular weight excluding hydrogens is 295 g/mol. The van der Waals surface area contributed by atoms with E-state index >= 15 is 0 Å². The van der Waals surface area contributed by atoms with Crippen LogP contribution in [0.4, 0.5) is 4.39 Å². The zero-order chi connectivity index (χ0) is 16.6. The molecule has 4 rings (SSSR count). The summed E-state index contributed by atoms with van der Waals surface area (Å²) in [5.74, 6) is -1.12. The Morgan fingerprint density at radius 1 is 0.913 bits per heavy atom. The largest absolute Gasteiger partial charge is 0.393 e. The van der Waals surface area contributed by atoms with E-state index in [2.05, 4.69) is 6.92 Å². The molecule has 0 bridgehead atoms. The number of hydrogen-bond acceptors (Lipinski definition) is 3. The van der Waals surface area contributed by atoms with Crippen LogP contribution >= 0.6 is 0 Å². The van der Waals surface area contributed by atoms with Gasteiger partial charge >= 0.3 is 0 Å². The van der Waals surface area contributed by atoms with E-state index in [9.17, 15) is 19.7 Å². The molecule has 0 saturated heterocycles. The molecule has 0 amide bonds. The zero-order valence-corrected chi connectivity index (χ0v) is 14.3. The maximum Gasteiger partial charge on any atom is 0.212 e. The number of aliphatic hydroxyl groups excluding tert-OH is 2. The van der Waals surface area contributed by atoms with Crippen molar-refractivity contribution in [1.29, 1.82) is 0 Å². The van der Waals surface area contributed by atoms with E-state index in [4.69, 9.17) is 0 Å². The van der Waals surface area contributed by atoms with Gasteiger partial charge in [-0.15, -0.1) is 0 Å². The standard InChI is InChI=1S/C19H31FO3/c1-17-6-3-12(21)9-11(17)10-15(22)16-13(17)4-7-18(2)14(16)5-8-19(18,20)23/h11-16,21-23H,3-10H2,1-2H3/t11?,12?,13-,14+,15?,16-,17+,18+,19?/m1/s1. The van der Waals surface area contributed by atoms with Crippen molar-refractivity contribution in [2.45, 2.75) is 83.3 Å². The van der Waals surface area contributed by atoms with Gasteiger partial charge in [0.25, 0.3) is 0 Å². The lowest BCUT2D eigenvalue weighted by molar-refractivity contribution is -0.225. The summed E-state index contributed by atoms with van der Waals surface area (Å²) in [6.07, 6.45) is 5.24. The number of rotatable bonds is 0. The van der Waals surface area contributed by atoms with Gasteiger partial charge in [-0.1, -0.05) is 13.8 Å². The Balaban J connectivity index is 1.68. The summed E-state index contributed by atoms with van der Waals surface area (Å²) >= 11 is 0. The Bertz CT molecular complexity index is 495. The molecule has 0 aromatic carbocycles. The number of alkyl halides is 1. The van der Waals surface area contributed by atoms with Gasteiger partial charge in [0, 0.05) is 11.8 Å². The second-order valence-corrected chi connectivity index (χ2v) is 9.48. The van der Waals surface area contributed by atoms with Crippen molar-refractivity contribution in [3.8, 4) is 0 Å². The smallest absolute Gasteiger partial charge is 0.212 e. The molecule has 0 radical (unpaired) electrons. The van der Waals surface area contributed by atoms with Crippen molar-refractivity contribution in [3.63, 3.8) is 0 Å². The van der Waals surface area contributed by atoms with Crippen molar-refractivity contribution in [2.75, 3.05) is 0 Å². The number of aliphatic hydroxyl groups is 3. The van der Waals surface area contributed by atoms with Crippen LogP contribution in [0.5, 0.6) is 0 Å². The highest BCUT2D eigenvalue weighted by atomic mass is 19.2. The third-order valence-corrected chi connectivity index (χ3v) is 8.71. The van der Waals surface area contributed by atoms with Gasteiger partial charge < -0.3 is 15.3 Å². The van der Waals surface area contributed by atoms with Gasteiger partial charge in [-0.25, -0.2) is 4.39 Å². The van der Waals surface area contributed by atoms with E-state index in [0.29, 0.717) is 24.7 Å². The Hall–Kier alpha value is -0.190. The predicted molar refractivity (Wildman–Crippen MR) is 85.2 cm³/mol. The Kier molecular flexibility index (Phi) is 3.48. The van der Waals surface area contributed by atoms with Crippen molar-refractivity contribution in [3.05, 3.63) is 0 Å². The molecule has 4 fully saturated rings. The number of halogens is 1. The summed E-state index contributed by atoms with van der Waals surface area (Å²) in [6, 6.07) is 0. The first-order chi connectivity index (χ1) is 10.7. The highest BCUT2D eigenvalue weighted by Crippen LogP contribution is 2.68. The van der Waals surface area contributed by atoms with Gasteiger partial charge in [0.2, 0.25) is 5.85 Å². The Labute approximate surface area is 138 Å².